The second-order valence-corrected chi connectivity index (χ2v) is 12.9. The monoisotopic (exact) mass is 688 g/mol. The Labute approximate surface area is 283 Å². The van der Waals surface area contributed by atoms with E-state index in [1.54, 1.807) is 43.5 Å². The number of para-hydroxylation sites is 1. The molecule has 0 aliphatic heterocycles. The number of hydrogen-bond donors (Lipinski definition) is 1. The number of furan rings is 2. The van der Waals surface area contributed by atoms with Gasteiger partial charge in [-0.1, -0.05) is 53.3 Å². The molecule has 6 aromatic rings. The number of nitrogens with one attached hydrogen (secondary N) is 1. The largest absolute Gasteiger partial charge is 0.472 e. The van der Waals surface area contributed by atoms with Crippen LogP contribution in [0.2, 0.25) is 0 Å². The third kappa shape index (κ3) is 7.14. The second-order valence-electron chi connectivity index (χ2n) is 10.2. The first-order valence-corrected chi connectivity index (χ1v) is 16.7. The number of rotatable bonds is 12. The molecule has 4 aromatic heterocycles. The van der Waals surface area contributed by atoms with Crippen LogP contribution in [0.3, 0.4) is 0 Å². The lowest BCUT2D eigenvalue weighted by Gasteiger charge is -2.20. The van der Waals surface area contributed by atoms with E-state index in [0.717, 1.165) is 34.1 Å². The van der Waals surface area contributed by atoms with Gasteiger partial charge in [0.15, 0.2) is 26.7 Å². The number of hydrogen-bond acceptors (Lipinski definition) is 10. The van der Waals surface area contributed by atoms with Crippen molar-refractivity contribution in [3.05, 3.63) is 85.5 Å². The van der Waals surface area contributed by atoms with Crippen molar-refractivity contribution in [2.45, 2.75) is 28.5 Å². The number of benzene rings is 2. The highest BCUT2D eigenvalue weighted by molar-refractivity contribution is 8.01. The Kier molecular flexibility index (Phi) is 9.80. The van der Waals surface area contributed by atoms with E-state index in [9.17, 15) is 9.59 Å². The zero-order valence-corrected chi connectivity index (χ0v) is 27.9. The molecule has 4 heterocycles. The zero-order chi connectivity index (χ0) is 32.9. The number of nitrogens with zero attached hydrogens (tertiary/aromatic N) is 7. The first kappa shape index (κ1) is 32.2. The molecule has 0 aliphatic rings. The van der Waals surface area contributed by atoms with Crippen molar-refractivity contribution in [3.63, 3.8) is 0 Å². The molecule has 1 N–H and O–H groups in total. The molecule has 2 amide bonds. The van der Waals surface area contributed by atoms with Crippen LogP contribution >= 0.6 is 35.1 Å². The lowest BCUT2D eigenvalue weighted by atomic mass is 10.1. The Bertz CT molecular complexity index is 1970. The molecule has 0 saturated heterocycles. The summed E-state index contributed by atoms with van der Waals surface area (Å²) in [6.07, 6.45) is 4.77. The Hall–Kier alpha value is -4.79. The van der Waals surface area contributed by atoms with Gasteiger partial charge in [0.2, 0.25) is 5.91 Å². The van der Waals surface area contributed by atoms with Crippen molar-refractivity contribution in [1.82, 2.24) is 29.5 Å². The van der Waals surface area contributed by atoms with Crippen LogP contribution in [-0.2, 0) is 23.2 Å². The summed E-state index contributed by atoms with van der Waals surface area (Å²) in [5.41, 5.74) is 3.76. The smallest absolute Gasteiger partial charge is 0.255 e. The van der Waals surface area contributed by atoms with Gasteiger partial charge in [0.05, 0.1) is 23.1 Å². The molecule has 240 valence electrons. The van der Waals surface area contributed by atoms with Gasteiger partial charge in [-0.2, -0.15) is 0 Å². The Morgan fingerprint density at radius 2 is 1.68 bits per heavy atom. The maximum Gasteiger partial charge on any atom is 0.255 e. The predicted molar refractivity (Wildman–Crippen MR) is 182 cm³/mol. The number of amides is 2. The van der Waals surface area contributed by atoms with Gasteiger partial charge in [0.1, 0.15) is 18.3 Å². The number of aromatic nitrogens is 6. The third-order valence-corrected chi connectivity index (χ3v) is 9.56. The van der Waals surface area contributed by atoms with E-state index in [2.05, 4.69) is 25.7 Å². The highest BCUT2D eigenvalue weighted by Crippen LogP contribution is 2.33. The SMILES string of the molecule is CCn1c(SCC(=O)Nc2ccccc2)nnc1-c1coc(-c2ccc(N(C)C(=O)C(Cl)Sc3nnc(-c4ccoc4)n3C)cc2)c1. The van der Waals surface area contributed by atoms with Gasteiger partial charge < -0.3 is 28.2 Å². The fourth-order valence-corrected chi connectivity index (χ4v) is 6.64. The molecule has 15 heteroatoms. The molecule has 0 bridgehead atoms. The van der Waals surface area contributed by atoms with Crippen LogP contribution in [0.25, 0.3) is 34.1 Å². The second kappa shape index (κ2) is 14.3. The molecule has 12 nitrogen and oxygen atoms in total. The number of anilines is 2. The summed E-state index contributed by atoms with van der Waals surface area (Å²) in [5.74, 6) is 1.65. The summed E-state index contributed by atoms with van der Waals surface area (Å²) in [7, 11) is 3.48. The maximum absolute atomic E-state index is 13.2. The average Bonchev–Trinajstić information content (AvgIpc) is 3.91. The lowest BCUT2D eigenvalue weighted by molar-refractivity contribution is -0.116. The van der Waals surface area contributed by atoms with E-state index in [-0.39, 0.29) is 17.6 Å². The highest BCUT2D eigenvalue weighted by atomic mass is 35.5. The van der Waals surface area contributed by atoms with Gasteiger partial charge in [-0.15, -0.1) is 20.4 Å². The van der Waals surface area contributed by atoms with Crippen LogP contribution in [0.4, 0.5) is 11.4 Å². The van der Waals surface area contributed by atoms with E-state index in [4.69, 9.17) is 20.4 Å². The minimum Gasteiger partial charge on any atom is -0.472 e. The zero-order valence-electron chi connectivity index (χ0n) is 25.5. The van der Waals surface area contributed by atoms with Crippen molar-refractivity contribution in [1.29, 1.82) is 0 Å². The number of carbonyl (C=O) groups is 2. The molecule has 1 atom stereocenters. The molecule has 0 fully saturated rings. The minimum atomic E-state index is -0.926. The Morgan fingerprint density at radius 3 is 2.40 bits per heavy atom. The van der Waals surface area contributed by atoms with Gasteiger partial charge >= 0.3 is 0 Å². The van der Waals surface area contributed by atoms with E-state index < -0.39 is 4.71 Å². The number of halogens is 1. The third-order valence-electron chi connectivity index (χ3n) is 7.17. The van der Waals surface area contributed by atoms with E-state index in [1.807, 2.05) is 72.2 Å². The molecular formula is C32H29ClN8O4S2. The fourth-order valence-electron chi connectivity index (χ4n) is 4.68. The summed E-state index contributed by atoms with van der Waals surface area (Å²) in [6, 6.07) is 20.4. The van der Waals surface area contributed by atoms with Crippen molar-refractivity contribution >= 4 is 58.3 Å². The standard InChI is InChI=1S/C32H29ClN8O4S2/c1-4-41-29(36-38-32(41)46-19-26(42)34-23-8-6-5-7-9-23)22-16-25(45-18-22)20-10-12-24(13-11-20)39(2)30(43)27(33)47-31-37-35-28(40(31)3)21-14-15-44-17-21/h5-18,27H,4,19H2,1-3H3,(H,34,42). The minimum absolute atomic E-state index is 0.125. The van der Waals surface area contributed by atoms with E-state index in [0.29, 0.717) is 40.0 Å². The summed E-state index contributed by atoms with van der Waals surface area (Å²) in [4.78, 5) is 27.1. The van der Waals surface area contributed by atoms with Crippen LogP contribution in [-0.4, -0.2) is 58.9 Å². The molecule has 2 aromatic carbocycles. The van der Waals surface area contributed by atoms with Crippen LogP contribution < -0.4 is 10.2 Å². The Balaban J connectivity index is 1.08. The van der Waals surface area contributed by atoms with Crippen molar-refractivity contribution in [2.24, 2.45) is 7.05 Å². The van der Waals surface area contributed by atoms with Crippen molar-refractivity contribution < 1.29 is 18.4 Å². The van der Waals surface area contributed by atoms with Gasteiger partial charge in [-0.25, -0.2) is 0 Å². The highest BCUT2D eigenvalue weighted by Gasteiger charge is 2.25. The van der Waals surface area contributed by atoms with Crippen LogP contribution in [0, 0.1) is 0 Å². The van der Waals surface area contributed by atoms with Gasteiger partial charge in [-0.3, -0.25) is 9.59 Å². The molecule has 0 saturated carbocycles. The number of alkyl halides is 1. The average molecular weight is 689 g/mol. The first-order valence-electron chi connectivity index (χ1n) is 14.4. The van der Waals surface area contributed by atoms with Gasteiger partial charge in [-0.05, 0) is 55.5 Å². The van der Waals surface area contributed by atoms with Gasteiger partial charge in [0, 0.05) is 37.6 Å². The Morgan fingerprint density at radius 1 is 0.936 bits per heavy atom. The summed E-state index contributed by atoms with van der Waals surface area (Å²) < 4.78 is 13.8. The molecule has 6 rings (SSSR count). The maximum atomic E-state index is 13.2. The number of carbonyl (C=O) groups excluding carboxylic acids is 2. The summed E-state index contributed by atoms with van der Waals surface area (Å²) in [5, 5.41) is 21.1. The normalized spacial score (nSPS) is 11.8. The van der Waals surface area contributed by atoms with E-state index >= 15 is 0 Å². The van der Waals surface area contributed by atoms with Crippen LogP contribution in [0.15, 0.2) is 105 Å². The summed E-state index contributed by atoms with van der Waals surface area (Å²) >= 11 is 8.95. The topological polar surface area (TPSA) is 137 Å². The fraction of sp³-hybridized carbons (Fsp3) is 0.188. The van der Waals surface area contributed by atoms with Crippen molar-refractivity contribution in [2.75, 3.05) is 23.0 Å². The van der Waals surface area contributed by atoms with Crippen LogP contribution in [0.5, 0.6) is 0 Å². The first-order chi connectivity index (χ1) is 22.8. The van der Waals surface area contributed by atoms with E-state index in [1.165, 1.54) is 16.7 Å². The number of thioether (sulfide) groups is 2. The molecule has 0 radical (unpaired) electrons. The molecule has 1 unspecified atom stereocenters. The summed E-state index contributed by atoms with van der Waals surface area (Å²) in [6.45, 7) is 2.61. The molecule has 47 heavy (non-hydrogen) atoms. The van der Waals surface area contributed by atoms with Crippen LogP contribution in [0.1, 0.15) is 6.92 Å². The molecule has 0 aliphatic carbocycles. The quantitative estimate of drug-likeness (QED) is 0.110. The van der Waals surface area contributed by atoms with Gasteiger partial charge in [0.25, 0.3) is 5.91 Å². The van der Waals surface area contributed by atoms with Crippen molar-refractivity contribution in [3.8, 4) is 34.1 Å². The predicted octanol–water partition coefficient (Wildman–Crippen LogP) is 6.66. The molecular weight excluding hydrogens is 660 g/mol. The molecule has 0 spiro atoms. The lowest BCUT2D eigenvalue weighted by Crippen LogP contribution is -2.32.